The highest BCUT2D eigenvalue weighted by atomic mass is 32.2. The Labute approximate surface area is 192 Å². The summed E-state index contributed by atoms with van der Waals surface area (Å²) in [7, 11) is -3.97. The number of rotatable bonds is 7. The normalized spacial score (nSPS) is 14.2. The Kier molecular flexibility index (Phi) is 5.57. The van der Waals surface area contributed by atoms with E-state index in [4.69, 9.17) is 10.5 Å². The minimum atomic E-state index is -3.97. The van der Waals surface area contributed by atoms with Gasteiger partial charge in [0.05, 0.1) is 13.2 Å². The third-order valence-electron chi connectivity index (χ3n) is 5.94. The molecule has 1 atom stereocenters. The summed E-state index contributed by atoms with van der Waals surface area (Å²) in [5.74, 6) is 0.374. The zero-order chi connectivity index (χ0) is 23.0. The highest BCUT2D eigenvalue weighted by Crippen LogP contribution is 2.37. The first-order valence-corrected chi connectivity index (χ1v) is 12.3. The summed E-state index contributed by atoms with van der Waals surface area (Å²) in [6, 6.07) is 18.0. The largest absolute Gasteiger partial charge is 0.492 e. The molecule has 5 N–H and O–H groups in total. The summed E-state index contributed by atoms with van der Waals surface area (Å²) in [6.07, 6.45) is 2.83. The maximum Gasteiger partial charge on any atom is 0.244 e. The van der Waals surface area contributed by atoms with Crippen LogP contribution in [-0.2, 0) is 22.9 Å². The molecular formula is C25H25N3O4S. The van der Waals surface area contributed by atoms with Gasteiger partial charge in [-0.05, 0) is 59.0 Å². The summed E-state index contributed by atoms with van der Waals surface area (Å²) in [5, 5.41) is 11.0. The van der Waals surface area contributed by atoms with Gasteiger partial charge in [-0.3, -0.25) is 0 Å². The van der Waals surface area contributed by atoms with Crippen LogP contribution in [0.3, 0.4) is 0 Å². The molecule has 1 aliphatic heterocycles. The SMILES string of the molecule is Nc1cccc(-c2cc3c(c(S(=O)(=O)N[C@H](CO)Cc4c[nH]c5ccccc45)c2)OCC3)c1. The number of aliphatic hydroxyl groups is 1. The van der Waals surface area contributed by atoms with E-state index in [9.17, 15) is 13.5 Å². The van der Waals surface area contributed by atoms with Crippen molar-refractivity contribution in [1.29, 1.82) is 0 Å². The van der Waals surface area contributed by atoms with Gasteiger partial charge in [-0.25, -0.2) is 13.1 Å². The molecule has 5 rings (SSSR count). The number of H-pyrrole nitrogens is 1. The number of hydrogen-bond acceptors (Lipinski definition) is 5. The van der Waals surface area contributed by atoms with Gasteiger partial charge >= 0.3 is 0 Å². The Morgan fingerprint density at radius 2 is 1.94 bits per heavy atom. The van der Waals surface area contributed by atoms with E-state index in [2.05, 4.69) is 9.71 Å². The predicted octanol–water partition coefficient (Wildman–Crippen LogP) is 3.23. The van der Waals surface area contributed by atoms with Gasteiger partial charge < -0.3 is 20.6 Å². The van der Waals surface area contributed by atoms with Crippen LogP contribution >= 0.6 is 0 Å². The number of anilines is 1. The molecule has 170 valence electrons. The number of fused-ring (bicyclic) bond motifs is 2. The topological polar surface area (TPSA) is 117 Å². The fraction of sp³-hybridized carbons (Fsp3) is 0.200. The van der Waals surface area contributed by atoms with Crippen molar-refractivity contribution in [3.63, 3.8) is 0 Å². The number of aliphatic hydroxyl groups excluding tert-OH is 1. The maximum absolute atomic E-state index is 13.5. The van der Waals surface area contributed by atoms with Gasteiger partial charge in [0.15, 0.2) is 0 Å². The van der Waals surface area contributed by atoms with Crippen LogP contribution < -0.4 is 15.2 Å². The summed E-state index contributed by atoms with van der Waals surface area (Å²) < 4.78 is 35.3. The van der Waals surface area contributed by atoms with E-state index in [-0.39, 0.29) is 11.5 Å². The predicted molar refractivity (Wildman–Crippen MR) is 129 cm³/mol. The summed E-state index contributed by atoms with van der Waals surface area (Å²) in [5.41, 5.74) is 10.9. The van der Waals surface area contributed by atoms with Gasteiger partial charge in [-0.15, -0.1) is 0 Å². The van der Waals surface area contributed by atoms with E-state index in [0.717, 1.165) is 33.2 Å². The molecule has 4 aromatic rings. The molecule has 0 saturated heterocycles. The zero-order valence-corrected chi connectivity index (χ0v) is 18.7. The molecule has 1 aliphatic rings. The maximum atomic E-state index is 13.5. The number of aromatic nitrogens is 1. The van der Waals surface area contributed by atoms with Crippen molar-refractivity contribution in [2.75, 3.05) is 18.9 Å². The highest BCUT2D eigenvalue weighted by Gasteiger charge is 2.29. The van der Waals surface area contributed by atoms with Crippen molar-refractivity contribution >= 4 is 26.6 Å². The fourth-order valence-corrected chi connectivity index (χ4v) is 5.79. The van der Waals surface area contributed by atoms with Crippen molar-refractivity contribution in [1.82, 2.24) is 9.71 Å². The average molecular weight is 464 g/mol. The van der Waals surface area contributed by atoms with E-state index in [1.54, 1.807) is 12.1 Å². The van der Waals surface area contributed by atoms with E-state index >= 15 is 0 Å². The van der Waals surface area contributed by atoms with Crippen LogP contribution in [0.25, 0.3) is 22.0 Å². The lowest BCUT2D eigenvalue weighted by atomic mass is 10.0. The smallest absolute Gasteiger partial charge is 0.244 e. The van der Waals surface area contributed by atoms with Crippen molar-refractivity contribution in [3.8, 4) is 16.9 Å². The van der Waals surface area contributed by atoms with Gasteiger partial charge in [0.25, 0.3) is 0 Å². The number of ether oxygens (including phenoxy) is 1. The number of para-hydroxylation sites is 1. The zero-order valence-electron chi connectivity index (χ0n) is 17.9. The molecule has 0 radical (unpaired) electrons. The molecule has 8 heteroatoms. The van der Waals surface area contributed by atoms with E-state index in [1.165, 1.54) is 0 Å². The standard InChI is InChI=1S/C25H25N3O4S/c26-20-5-3-4-16(11-20)18-10-17-8-9-32-25(17)24(13-18)33(30,31)28-21(15-29)12-19-14-27-23-7-2-1-6-22(19)23/h1-7,10-11,13-14,21,27-29H,8-9,12,15,26H2/t21-/m0/s1. The number of nitrogen functional groups attached to an aromatic ring is 1. The molecule has 0 bridgehead atoms. The van der Waals surface area contributed by atoms with Gasteiger partial charge in [0.2, 0.25) is 10.0 Å². The van der Waals surface area contributed by atoms with E-state index in [0.29, 0.717) is 30.9 Å². The Balaban J connectivity index is 1.48. The first-order valence-electron chi connectivity index (χ1n) is 10.8. The quantitative estimate of drug-likeness (QED) is 0.314. The molecule has 0 saturated carbocycles. The van der Waals surface area contributed by atoms with Gasteiger partial charge in [0, 0.05) is 35.2 Å². The summed E-state index contributed by atoms with van der Waals surface area (Å²) in [4.78, 5) is 3.26. The number of aromatic amines is 1. The lowest BCUT2D eigenvalue weighted by molar-refractivity contribution is 0.256. The number of hydrogen-bond donors (Lipinski definition) is 4. The van der Waals surface area contributed by atoms with Crippen LogP contribution in [0.5, 0.6) is 5.75 Å². The Morgan fingerprint density at radius 3 is 2.76 bits per heavy atom. The monoisotopic (exact) mass is 463 g/mol. The number of nitrogens with one attached hydrogen (secondary N) is 2. The van der Waals surface area contributed by atoms with Crippen LogP contribution in [0.15, 0.2) is 71.8 Å². The van der Waals surface area contributed by atoms with Crippen LogP contribution in [-0.4, -0.2) is 37.8 Å². The molecule has 0 amide bonds. The second-order valence-electron chi connectivity index (χ2n) is 8.25. The second-order valence-corrected chi connectivity index (χ2v) is 9.93. The first kappa shape index (κ1) is 21.5. The Morgan fingerprint density at radius 1 is 1.09 bits per heavy atom. The Hall–Kier alpha value is -3.33. The first-order chi connectivity index (χ1) is 15.9. The number of benzene rings is 3. The van der Waals surface area contributed by atoms with Gasteiger partial charge in [-0.1, -0.05) is 30.3 Å². The molecular weight excluding hydrogens is 438 g/mol. The number of nitrogens with two attached hydrogens (primary N) is 1. The molecule has 0 fully saturated rings. The van der Waals surface area contributed by atoms with Crippen molar-refractivity contribution in [3.05, 3.63) is 78.0 Å². The minimum absolute atomic E-state index is 0.0762. The molecule has 0 aliphatic carbocycles. The third-order valence-corrected chi connectivity index (χ3v) is 7.47. The molecule has 2 heterocycles. The number of sulfonamides is 1. The van der Waals surface area contributed by atoms with Crippen LogP contribution in [0.4, 0.5) is 5.69 Å². The van der Waals surface area contributed by atoms with Crippen LogP contribution in [0.2, 0.25) is 0 Å². The van der Waals surface area contributed by atoms with E-state index in [1.807, 2.05) is 54.7 Å². The summed E-state index contributed by atoms with van der Waals surface area (Å²) >= 11 is 0. The van der Waals surface area contributed by atoms with Crippen LogP contribution in [0, 0.1) is 0 Å². The van der Waals surface area contributed by atoms with Crippen molar-refractivity contribution in [2.24, 2.45) is 0 Å². The Bertz CT molecular complexity index is 1430. The molecule has 1 aromatic heterocycles. The summed E-state index contributed by atoms with van der Waals surface area (Å²) in [6.45, 7) is 0.0910. The van der Waals surface area contributed by atoms with Gasteiger partial charge in [0.1, 0.15) is 10.6 Å². The molecule has 0 spiro atoms. The molecule has 0 unspecified atom stereocenters. The minimum Gasteiger partial charge on any atom is -0.492 e. The second kappa shape index (κ2) is 8.55. The third kappa shape index (κ3) is 4.20. The van der Waals surface area contributed by atoms with Crippen molar-refractivity contribution in [2.45, 2.75) is 23.8 Å². The van der Waals surface area contributed by atoms with Gasteiger partial charge in [-0.2, -0.15) is 0 Å². The van der Waals surface area contributed by atoms with Crippen LogP contribution in [0.1, 0.15) is 11.1 Å². The molecule has 7 nitrogen and oxygen atoms in total. The highest BCUT2D eigenvalue weighted by molar-refractivity contribution is 7.89. The molecule has 33 heavy (non-hydrogen) atoms. The van der Waals surface area contributed by atoms with E-state index < -0.39 is 16.1 Å². The lowest BCUT2D eigenvalue weighted by Crippen LogP contribution is -2.39. The fourth-order valence-electron chi connectivity index (χ4n) is 4.35. The average Bonchev–Trinajstić information content (AvgIpc) is 3.45. The lowest BCUT2D eigenvalue weighted by Gasteiger charge is -2.18. The van der Waals surface area contributed by atoms with Crippen molar-refractivity contribution < 1.29 is 18.3 Å². The molecule has 3 aromatic carbocycles.